The van der Waals surface area contributed by atoms with Gasteiger partial charge < -0.3 is 4.57 Å². The third-order valence-electron chi connectivity index (χ3n) is 5.91. The fourth-order valence-corrected chi connectivity index (χ4v) is 5.65. The third kappa shape index (κ3) is 5.35. The van der Waals surface area contributed by atoms with Crippen molar-refractivity contribution in [1.29, 1.82) is 0 Å². The van der Waals surface area contributed by atoms with Gasteiger partial charge in [0, 0.05) is 43.0 Å². The van der Waals surface area contributed by atoms with Crippen LogP contribution in [0.2, 0.25) is 0 Å². The van der Waals surface area contributed by atoms with Crippen LogP contribution in [0.1, 0.15) is 44.7 Å². The number of hydrogen-bond acceptors (Lipinski definition) is 1. The van der Waals surface area contributed by atoms with Gasteiger partial charge in [-0.15, -0.1) is 0 Å². The Balaban J connectivity index is 1.69. The van der Waals surface area contributed by atoms with Gasteiger partial charge in [-0.1, -0.05) is 51.1 Å². The van der Waals surface area contributed by atoms with Crippen molar-refractivity contribution in [2.45, 2.75) is 64.1 Å². The molecule has 0 amide bonds. The smallest absolute Gasteiger partial charge is 0.347 e. The highest BCUT2D eigenvalue weighted by molar-refractivity contribution is 7.83. The average molecular weight is 499 g/mol. The summed E-state index contributed by atoms with van der Waals surface area (Å²) in [5, 5.41) is 0.240. The van der Waals surface area contributed by atoms with Gasteiger partial charge in [0.05, 0.1) is 21.8 Å². The number of alkyl halides is 5. The predicted octanol–water partition coefficient (Wildman–Crippen LogP) is 6.92. The van der Waals surface area contributed by atoms with Crippen LogP contribution in [-0.4, -0.2) is 19.9 Å². The highest BCUT2D eigenvalue weighted by Gasteiger charge is 2.48. The SMILES string of the molecule is CC(C)(C)Cn1cc(CNS(=O)C2CC(F)(F)C2)c2ccc(-c3ccccc3C(F)(F)F)cc21. The van der Waals surface area contributed by atoms with Crippen molar-refractivity contribution in [2.75, 3.05) is 0 Å². The van der Waals surface area contributed by atoms with E-state index in [4.69, 9.17) is 0 Å². The summed E-state index contributed by atoms with van der Waals surface area (Å²) in [6, 6.07) is 10.7. The number of benzene rings is 2. The molecule has 1 aromatic heterocycles. The molecular formula is C25H27F5N2OS. The summed E-state index contributed by atoms with van der Waals surface area (Å²) < 4.78 is 84.2. The van der Waals surface area contributed by atoms with Gasteiger partial charge in [-0.2, -0.15) is 13.2 Å². The summed E-state index contributed by atoms with van der Waals surface area (Å²) in [6.07, 6.45) is -3.36. The maximum Gasteiger partial charge on any atom is 0.417 e. The van der Waals surface area contributed by atoms with E-state index >= 15 is 0 Å². The van der Waals surface area contributed by atoms with Gasteiger partial charge in [0.15, 0.2) is 0 Å². The number of hydrogen-bond donors (Lipinski definition) is 1. The second-order valence-corrected chi connectivity index (χ2v) is 11.7. The van der Waals surface area contributed by atoms with Crippen LogP contribution in [0.3, 0.4) is 0 Å². The molecule has 1 aliphatic carbocycles. The van der Waals surface area contributed by atoms with Crippen molar-refractivity contribution >= 4 is 21.9 Å². The van der Waals surface area contributed by atoms with Crippen LogP contribution in [0.4, 0.5) is 22.0 Å². The Morgan fingerprint density at radius 3 is 2.38 bits per heavy atom. The first-order chi connectivity index (χ1) is 15.7. The molecule has 1 aliphatic rings. The molecule has 1 fully saturated rings. The molecule has 3 aromatic rings. The van der Waals surface area contributed by atoms with E-state index in [1.807, 2.05) is 10.8 Å². The van der Waals surface area contributed by atoms with E-state index in [0.29, 0.717) is 12.1 Å². The topological polar surface area (TPSA) is 34.0 Å². The van der Waals surface area contributed by atoms with Gasteiger partial charge >= 0.3 is 6.18 Å². The molecule has 1 heterocycles. The minimum atomic E-state index is -4.48. The van der Waals surface area contributed by atoms with E-state index in [1.165, 1.54) is 12.1 Å². The van der Waals surface area contributed by atoms with Crippen LogP contribution in [0, 0.1) is 5.41 Å². The molecule has 1 unspecified atom stereocenters. The summed E-state index contributed by atoms with van der Waals surface area (Å²) in [4.78, 5) is 0. The van der Waals surface area contributed by atoms with Crippen LogP contribution in [-0.2, 0) is 30.3 Å². The molecule has 4 rings (SSSR count). The molecule has 0 radical (unpaired) electrons. The summed E-state index contributed by atoms with van der Waals surface area (Å²) in [6.45, 7) is 7.01. The van der Waals surface area contributed by atoms with Crippen LogP contribution in [0.15, 0.2) is 48.7 Å². The Bertz CT molecular complexity index is 1220. The second-order valence-electron chi connectivity index (χ2n) is 10.1. The first-order valence-corrected chi connectivity index (χ1v) is 12.3. The van der Waals surface area contributed by atoms with Crippen LogP contribution in [0.5, 0.6) is 0 Å². The minimum Gasteiger partial charge on any atom is -0.347 e. The monoisotopic (exact) mass is 498 g/mol. The Morgan fingerprint density at radius 2 is 1.76 bits per heavy atom. The molecule has 0 aliphatic heterocycles. The van der Waals surface area contributed by atoms with Crippen molar-refractivity contribution in [2.24, 2.45) is 5.41 Å². The molecule has 9 heteroatoms. The van der Waals surface area contributed by atoms with Crippen molar-refractivity contribution in [3.63, 3.8) is 0 Å². The zero-order valence-electron chi connectivity index (χ0n) is 19.2. The van der Waals surface area contributed by atoms with Crippen molar-refractivity contribution in [1.82, 2.24) is 9.29 Å². The van der Waals surface area contributed by atoms with Gasteiger partial charge in [-0.25, -0.2) is 17.7 Å². The van der Waals surface area contributed by atoms with Crippen LogP contribution < -0.4 is 4.72 Å². The van der Waals surface area contributed by atoms with Gasteiger partial charge in [0.1, 0.15) is 0 Å². The summed E-state index contributed by atoms with van der Waals surface area (Å²) in [5.74, 6) is -2.74. The summed E-state index contributed by atoms with van der Waals surface area (Å²) in [5.41, 5.74) is 1.34. The quantitative estimate of drug-likeness (QED) is 0.368. The third-order valence-corrected chi connectivity index (χ3v) is 7.28. The fraction of sp³-hybridized carbons (Fsp3) is 0.440. The normalized spacial score (nSPS) is 17.6. The highest BCUT2D eigenvalue weighted by atomic mass is 32.2. The predicted molar refractivity (Wildman–Crippen MR) is 125 cm³/mol. The number of nitrogens with one attached hydrogen (secondary N) is 1. The first kappa shape index (κ1) is 24.9. The molecule has 3 nitrogen and oxygen atoms in total. The van der Waals surface area contributed by atoms with E-state index in [1.54, 1.807) is 24.3 Å². The van der Waals surface area contributed by atoms with Gasteiger partial charge in [0.25, 0.3) is 5.92 Å². The lowest BCUT2D eigenvalue weighted by molar-refractivity contribution is -0.137. The maximum atomic E-state index is 13.6. The lowest BCUT2D eigenvalue weighted by Crippen LogP contribution is -2.45. The number of halogens is 5. The van der Waals surface area contributed by atoms with E-state index in [0.717, 1.165) is 22.5 Å². The van der Waals surface area contributed by atoms with Gasteiger partial charge in [0.2, 0.25) is 0 Å². The maximum absolute atomic E-state index is 13.6. The van der Waals surface area contributed by atoms with Crippen LogP contribution in [0.25, 0.3) is 22.0 Å². The Hall–Kier alpha value is -2.26. The van der Waals surface area contributed by atoms with Crippen molar-refractivity contribution in [3.05, 3.63) is 59.8 Å². The number of fused-ring (bicyclic) bond motifs is 1. The van der Waals surface area contributed by atoms with Crippen molar-refractivity contribution < 1.29 is 26.2 Å². The summed E-state index contributed by atoms with van der Waals surface area (Å²) in [7, 11) is -1.59. The molecular weight excluding hydrogens is 471 g/mol. The molecule has 2 aromatic carbocycles. The zero-order chi connectivity index (χ0) is 24.9. The molecule has 0 saturated heterocycles. The largest absolute Gasteiger partial charge is 0.417 e. The van der Waals surface area contributed by atoms with E-state index in [9.17, 15) is 26.2 Å². The zero-order valence-corrected chi connectivity index (χ0v) is 20.0. The highest BCUT2D eigenvalue weighted by Crippen LogP contribution is 2.40. The standard InChI is InChI=1S/C25H27F5N2OS/c1-23(2,3)15-32-14-17(13-31-34(33)18-11-24(26,27)12-18)20-9-8-16(10-22(20)32)19-6-4-5-7-21(19)25(28,29)30/h4-10,14,18,31H,11-13,15H2,1-3H3. The molecule has 1 N–H and O–H groups in total. The molecule has 1 atom stereocenters. The average Bonchev–Trinajstić information content (AvgIpc) is 3.04. The summed E-state index contributed by atoms with van der Waals surface area (Å²) >= 11 is 0. The molecule has 1 saturated carbocycles. The molecule has 0 bridgehead atoms. The lowest BCUT2D eigenvalue weighted by Gasteiger charge is -2.33. The first-order valence-electron chi connectivity index (χ1n) is 11.0. The minimum absolute atomic E-state index is 0.100. The van der Waals surface area contributed by atoms with Gasteiger partial charge in [-0.3, -0.25) is 0 Å². The van der Waals surface area contributed by atoms with Gasteiger partial charge in [-0.05, 0) is 34.2 Å². The molecule has 0 spiro atoms. The Kier molecular flexibility index (Phi) is 6.40. The van der Waals surface area contributed by atoms with E-state index in [2.05, 4.69) is 25.5 Å². The Morgan fingerprint density at radius 1 is 1.09 bits per heavy atom. The Labute approximate surface area is 197 Å². The van der Waals surface area contributed by atoms with Crippen molar-refractivity contribution in [3.8, 4) is 11.1 Å². The van der Waals surface area contributed by atoms with Crippen LogP contribution >= 0.6 is 0 Å². The number of nitrogens with zero attached hydrogens (tertiary/aromatic N) is 1. The fourth-order valence-electron chi connectivity index (χ4n) is 4.32. The number of aromatic nitrogens is 1. The lowest BCUT2D eigenvalue weighted by atomic mass is 9.94. The van der Waals surface area contributed by atoms with E-state index < -0.39 is 33.9 Å². The van der Waals surface area contributed by atoms with E-state index in [-0.39, 0.29) is 30.4 Å². The molecule has 34 heavy (non-hydrogen) atoms. The molecule has 184 valence electrons. The number of rotatable bonds is 6. The second kappa shape index (κ2) is 8.75.